The summed E-state index contributed by atoms with van der Waals surface area (Å²) in [5, 5.41) is 8.40. The van der Waals surface area contributed by atoms with E-state index in [0.29, 0.717) is 0 Å². The zero-order chi connectivity index (χ0) is 13.1. The fraction of sp³-hybridized carbons (Fsp3) is 0.500. The smallest absolute Gasteiger partial charge is 0.323 e. The molecule has 1 aromatic rings. The second kappa shape index (κ2) is 9.96. The Morgan fingerprint density at radius 3 is 2.19 bits per heavy atom. The van der Waals surface area contributed by atoms with Gasteiger partial charge in [-0.15, -0.1) is 0 Å². The lowest BCUT2D eigenvalue weighted by Gasteiger charge is -2.00. The summed E-state index contributed by atoms with van der Waals surface area (Å²) >= 11 is 0. The Balaban J connectivity index is 0. The molecular weight excluding hydrogens is 206 g/mol. The van der Waals surface area contributed by atoms with Gasteiger partial charge in [-0.3, -0.25) is 9.59 Å². The predicted molar refractivity (Wildman–Crippen MR) is 65.8 cm³/mol. The van der Waals surface area contributed by atoms with Crippen molar-refractivity contribution in [1.82, 2.24) is 4.57 Å². The fourth-order valence-electron chi connectivity index (χ4n) is 0.883. The first-order valence-corrected chi connectivity index (χ1v) is 5.48. The van der Waals surface area contributed by atoms with E-state index in [4.69, 9.17) is 5.11 Å². The van der Waals surface area contributed by atoms with E-state index >= 15 is 0 Å². The maximum atomic E-state index is 11.1. The van der Waals surface area contributed by atoms with Crippen molar-refractivity contribution >= 4 is 5.97 Å². The number of aromatic nitrogens is 1. The Labute approximate surface area is 96.5 Å². The van der Waals surface area contributed by atoms with Gasteiger partial charge in [-0.05, 0) is 18.6 Å². The Kier molecular flexibility index (Phi) is 10.5. The molecule has 0 bridgehead atoms. The van der Waals surface area contributed by atoms with Gasteiger partial charge in [0.25, 0.3) is 5.56 Å². The van der Waals surface area contributed by atoms with Crippen molar-refractivity contribution < 1.29 is 9.90 Å². The number of carbonyl (C=O) groups is 1. The maximum absolute atomic E-state index is 11.1. The van der Waals surface area contributed by atoms with Crippen LogP contribution in [0.25, 0.3) is 0 Å². The lowest BCUT2D eigenvalue weighted by atomic mass is 10.3. The minimum absolute atomic E-state index is 0.279. The van der Waals surface area contributed by atoms with Crippen LogP contribution in [0.5, 0.6) is 0 Å². The van der Waals surface area contributed by atoms with E-state index in [1.807, 2.05) is 27.7 Å². The van der Waals surface area contributed by atoms with E-state index in [0.717, 1.165) is 10.1 Å². The SMILES string of the molecule is CC.CC.Cc1ccn(CC(=O)O)c(=O)c1. The molecule has 1 N–H and O–H groups in total. The quantitative estimate of drug-likeness (QED) is 0.843. The zero-order valence-electron chi connectivity index (χ0n) is 10.7. The van der Waals surface area contributed by atoms with E-state index in [9.17, 15) is 9.59 Å². The molecule has 0 aliphatic carbocycles. The number of hydrogen-bond acceptors (Lipinski definition) is 2. The number of aryl methyl sites for hydroxylation is 1. The highest BCUT2D eigenvalue weighted by atomic mass is 16.4. The lowest BCUT2D eigenvalue weighted by molar-refractivity contribution is -0.137. The van der Waals surface area contributed by atoms with Gasteiger partial charge in [0.15, 0.2) is 0 Å². The number of aliphatic carboxylic acids is 1. The van der Waals surface area contributed by atoms with Gasteiger partial charge in [-0.1, -0.05) is 27.7 Å². The monoisotopic (exact) mass is 227 g/mol. The van der Waals surface area contributed by atoms with Gasteiger partial charge in [0.1, 0.15) is 6.54 Å². The standard InChI is InChI=1S/C8H9NO3.2C2H6/c1-6-2-3-9(5-8(11)12)7(10)4-6;2*1-2/h2-4H,5H2,1H3,(H,11,12);2*1-2H3. The van der Waals surface area contributed by atoms with Crippen LogP contribution in [0.1, 0.15) is 33.3 Å². The summed E-state index contributed by atoms with van der Waals surface area (Å²) in [4.78, 5) is 21.3. The molecule has 0 aliphatic rings. The van der Waals surface area contributed by atoms with Crippen LogP contribution in [-0.4, -0.2) is 15.6 Å². The number of hydrogen-bond donors (Lipinski definition) is 1. The first-order chi connectivity index (χ1) is 7.59. The molecule has 0 saturated heterocycles. The third-order valence-corrected chi connectivity index (χ3v) is 1.46. The molecule has 4 heteroatoms. The number of pyridine rings is 1. The van der Waals surface area contributed by atoms with Crippen LogP contribution in [0, 0.1) is 6.92 Å². The third-order valence-electron chi connectivity index (χ3n) is 1.46. The zero-order valence-corrected chi connectivity index (χ0v) is 10.7. The molecule has 1 aromatic heterocycles. The molecule has 0 atom stereocenters. The Bertz CT molecular complexity index is 356. The van der Waals surface area contributed by atoms with Crippen LogP contribution in [0.2, 0.25) is 0 Å². The average molecular weight is 227 g/mol. The molecule has 0 radical (unpaired) electrons. The van der Waals surface area contributed by atoms with Crippen molar-refractivity contribution in [3.8, 4) is 0 Å². The molecule has 0 spiro atoms. The number of carboxylic acid groups (broad SMARTS) is 1. The Morgan fingerprint density at radius 2 is 1.81 bits per heavy atom. The second-order valence-corrected chi connectivity index (χ2v) is 2.56. The second-order valence-electron chi connectivity index (χ2n) is 2.56. The molecule has 0 amide bonds. The predicted octanol–water partition coefficient (Wildman–Crippen LogP) is 2.29. The molecule has 92 valence electrons. The highest BCUT2D eigenvalue weighted by molar-refractivity contribution is 5.66. The number of carboxylic acids is 1. The summed E-state index contributed by atoms with van der Waals surface area (Å²) in [6.45, 7) is 9.51. The van der Waals surface area contributed by atoms with Crippen LogP contribution in [0.15, 0.2) is 23.1 Å². The van der Waals surface area contributed by atoms with E-state index < -0.39 is 5.97 Å². The van der Waals surface area contributed by atoms with Gasteiger partial charge < -0.3 is 9.67 Å². The molecule has 0 fully saturated rings. The van der Waals surface area contributed by atoms with Gasteiger partial charge in [-0.25, -0.2) is 0 Å². The van der Waals surface area contributed by atoms with E-state index in [-0.39, 0.29) is 12.1 Å². The van der Waals surface area contributed by atoms with E-state index in [1.54, 1.807) is 13.0 Å². The van der Waals surface area contributed by atoms with Crippen molar-refractivity contribution in [2.45, 2.75) is 41.2 Å². The molecule has 0 aromatic carbocycles. The molecule has 0 aliphatic heterocycles. The number of nitrogens with zero attached hydrogens (tertiary/aromatic N) is 1. The molecule has 1 heterocycles. The van der Waals surface area contributed by atoms with Gasteiger partial charge in [0.05, 0.1) is 0 Å². The summed E-state index contributed by atoms with van der Waals surface area (Å²) in [6, 6.07) is 3.10. The summed E-state index contributed by atoms with van der Waals surface area (Å²) in [6.07, 6.45) is 1.48. The van der Waals surface area contributed by atoms with Crippen LogP contribution in [0.4, 0.5) is 0 Å². The van der Waals surface area contributed by atoms with Crippen molar-refractivity contribution in [2.24, 2.45) is 0 Å². The maximum Gasteiger partial charge on any atom is 0.323 e. The topological polar surface area (TPSA) is 59.3 Å². The summed E-state index contributed by atoms with van der Waals surface area (Å²) in [7, 11) is 0. The average Bonchev–Trinajstić information content (AvgIpc) is 2.28. The molecule has 0 unspecified atom stereocenters. The largest absolute Gasteiger partial charge is 0.480 e. The minimum atomic E-state index is -1.01. The molecule has 1 rings (SSSR count). The van der Waals surface area contributed by atoms with Gasteiger partial charge >= 0.3 is 5.97 Å². The van der Waals surface area contributed by atoms with Gasteiger partial charge in [0.2, 0.25) is 0 Å². The summed E-state index contributed by atoms with van der Waals surface area (Å²) in [5.74, 6) is -1.01. The molecule has 4 nitrogen and oxygen atoms in total. The Hall–Kier alpha value is -1.58. The van der Waals surface area contributed by atoms with Crippen molar-refractivity contribution in [1.29, 1.82) is 0 Å². The van der Waals surface area contributed by atoms with Crippen LogP contribution >= 0.6 is 0 Å². The van der Waals surface area contributed by atoms with Crippen LogP contribution in [0.3, 0.4) is 0 Å². The molecule has 0 saturated carbocycles. The molecule has 16 heavy (non-hydrogen) atoms. The van der Waals surface area contributed by atoms with Gasteiger partial charge in [-0.2, -0.15) is 0 Å². The van der Waals surface area contributed by atoms with Crippen LogP contribution in [-0.2, 0) is 11.3 Å². The van der Waals surface area contributed by atoms with Crippen molar-refractivity contribution in [3.63, 3.8) is 0 Å². The van der Waals surface area contributed by atoms with Crippen LogP contribution < -0.4 is 5.56 Å². The summed E-state index contributed by atoms with van der Waals surface area (Å²) in [5.41, 5.74) is 0.555. The first-order valence-electron chi connectivity index (χ1n) is 5.48. The van der Waals surface area contributed by atoms with Crippen molar-refractivity contribution in [3.05, 3.63) is 34.2 Å². The third kappa shape index (κ3) is 6.81. The highest BCUT2D eigenvalue weighted by Gasteiger charge is 2.00. The van der Waals surface area contributed by atoms with Gasteiger partial charge in [0, 0.05) is 12.3 Å². The minimum Gasteiger partial charge on any atom is -0.480 e. The summed E-state index contributed by atoms with van der Waals surface area (Å²) < 4.78 is 1.15. The number of rotatable bonds is 2. The fourth-order valence-corrected chi connectivity index (χ4v) is 0.883. The highest BCUT2D eigenvalue weighted by Crippen LogP contribution is 1.90. The molecular formula is C12H21NO3. The lowest BCUT2D eigenvalue weighted by Crippen LogP contribution is -2.22. The van der Waals surface area contributed by atoms with Crippen molar-refractivity contribution in [2.75, 3.05) is 0 Å². The van der Waals surface area contributed by atoms with E-state index in [1.165, 1.54) is 12.3 Å². The normalized spacial score (nSPS) is 8.06. The van der Waals surface area contributed by atoms with E-state index in [2.05, 4.69) is 0 Å². The first kappa shape index (κ1) is 16.8. The Morgan fingerprint density at radius 1 is 1.31 bits per heavy atom.